The lowest BCUT2D eigenvalue weighted by atomic mass is 9.89. The van der Waals surface area contributed by atoms with E-state index in [9.17, 15) is 14.4 Å². The van der Waals surface area contributed by atoms with Crippen molar-refractivity contribution in [1.29, 1.82) is 0 Å². The van der Waals surface area contributed by atoms with Gasteiger partial charge in [0.05, 0.1) is 17.3 Å². The Labute approximate surface area is 193 Å². The molecule has 3 amide bonds. The fourth-order valence-electron chi connectivity index (χ4n) is 4.05. The summed E-state index contributed by atoms with van der Waals surface area (Å²) in [5, 5.41) is 8.74. The van der Waals surface area contributed by atoms with E-state index in [1.54, 1.807) is 24.3 Å². The molecule has 2 atom stereocenters. The smallest absolute Gasteiger partial charge is 0.253 e. The maximum atomic E-state index is 12.9. The highest BCUT2D eigenvalue weighted by Crippen LogP contribution is 2.28. The van der Waals surface area contributed by atoms with Crippen molar-refractivity contribution in [1.82, 2.24) is 5.32 Å². The van der Waals surface area contributed by atoms with Gasteiger partial charge in [-0.2, -0.15) is 0 Å². The average molecular weight is 442 g/mol. The van der Waals surface area contributed by atoms with E-state index < -0.39 is 0 Å². The van der Waals surface area contributed by atoms with Gasteiger partial charge < -0.3 is 16.0 Å². The molecule has 0 saturated carbocycles. The Balaban J connectivity index is 1.36. The van der Waals surface area contributed by atoms with Crippen molar-refractivity contribution in [3.05, 3.63) is 95.6 Å². The number of carbonyl (C=O) groups is 3. The Morgan fingerprint density at radius 2 is 1.67 bits per heavy atom. The molecule has 6 heteroatoms. The second-order valence-corrected chi connectivity index (χ2v) is 8.29. The molecule has 4 rings (SSSR count). The molecule has 168 valence electrons. The Kier molecular flexibility index (Phi) is 6.83. The number of anilines is 2. The van der Waals surface area contributed by atoms with E-state index in [0.717, 1.165) is 16.8 Å². The molecule has 6 nitrogen and oxygen atoms in total. The van der Waals surface area contributed by atoms with Crippen molar-refractivity contribution in [2.24, 2.45) is 5.92 Å². The first-order valence-corrected chi connectivity index (χ1v) is 11.1. The molecule has 0 fully saturated rings. The third-order valence-corrected chi connectivity index (χ3v) is 5.93. The van der Waals surface area contributed by atoms with E-state index in [0.29, 0.717) is 24.1 Å². The maximum Gasteiger partial charge on any atom is 0.253 e. The predicted molar refractivity (Wildman–Crippen MR) is 129 cm³/mol. The highest BCUT2D eigenvalue weighted by atomic mass is 16.2. The summed E-state index contributed by atoms with van der Waals surface area (Å²) in [6.07, 6.45) is 1.24. The minimum absolute atomic E-state index is 0.0591. The van der Waals surface area contributed by atoms with Crippen LogP contribution in [0, 0.1) is 5.92 Å². The van der Waals surface area contributed by atoms with E-state index in [1.807, 2.05) is 61.5 Å². The molecule has 1 aliphatic heterocycles. The molecular weight excluding hydrogens is 414 g/mol. The summed E-state index contributed by atoms with van der Waals surface area (Å²) in [5.74, 6) is -0.796. The summed E-state index contributed by atoms with van der Waals surface area (Å²) < 4.78 is 0. The fraction of sp³-hybridized carbons (Fsp3) is 0.222. The van der Waals surface area contributed by atoms with E-state index in [4.69, 9.17) is 0 Å². The minimum atomic E-state index is -0.259. The number of benzene rings is 3. The lowest BCUT2D eigenvalue weighted by Crippen LogP contribution is -2.31. The highest BCUT2D eigenvalue weighted by Gasteiger charge is 2.26. The van der Waals surface area contributed by atoms with Gasteiger partial charge in [0, 0.05) is 18.0 Å². The molecule has 1 heterocycles. The summed E-state index contributed by atoms with van der Waals surface area (Å²) in [4.78, 5) is 37.9. The Hall–Kier alpha value is -3.93. The molecule has 1 aliphatic rings. The largest absolute Gasteiger partial charge is 0.345 e. The number of para-hydroxylation sites is 2. The van der Waals surface area contributed by atoms with E-state index in [2.05, 4.69) is 16.0 Å². The number of rotatable bonds is 7. The fourth-order valence-corrected chi connectivity index (χ4v) is 4.05. The summed E-state index contributed by atoms with van der Waals surface area (Å²) >= 11 is 0. The third-order valence-electron chi connectivity index (χ3n) is 5.93. The number of nitrogens with one attached hydrogen (secondary N) is 3. The van der Waals surface area contributed by atoms with Gasteiger partial charge in [-0.05, 0) is 49.1 Å². The van der Waals surface area contributed by atoms with Crippen LogP contribution >= 0.6 is 0 Å². The van der Waals surface area contributed by atoms with Crippen LogP contribution in [-0.2, 0) is 16.0 Å². The molecule has 0 aliphatic carbocycles. The van der Waals surface area contributed by atoms with Gasteiger partial charge in [-0.25, -0.2) is 0 Å². The van der Waals surface area contributed by atoms with Crippen LogP contribution in [0.1, 0.15) is 47.3 Å². The lowest BCUT2D eigenvalue weighted by molar-refractivity contribution is -0.121. The summed E-state index contributed by atoms with van der Waals surface area (Å²) in [6, 6.07) is 24.2. The first kappa shape index (κ1) is 22.3. The quantitative estimate of drug-likeness (QED) is 0.496. The lowest BCUT2D eigenvalue weighted by Gasteiger charge is -2.24. The Morgan fingerprint density at radius 3 is 2.48 bits per heavy atom. The number of hydrogen-bond donors (Lipinski definition) is 3. The normalized spacial score (nSPS) is 15.7. The van der Waals surface area contributed by atoms with Gasteiger partial charge >= 0.3 is 0 Å². The van der Waals surface area contributed by atoms with Crippen LogP contribution in [0.4, 0.5) is 11.4 Å². The van der Waals surface area contributed by atoms with Crippen LogP contribution in [-0.4, -0.2) is 17.7 Å². The van der Waals surface area contributed by atoms with E-state index in [1.165, 1.54) is 0 Å². The summed E-state index contributed by atoms with van der Waals surface area (Å²) in [7, 11) is 0. The maximum absolute atomic E-state index is 12.9. The van der Waals surface area contributed by atoms with E-state index in [-0.39, 0.29) is 36.1 Å². The highest BCUT2D eigenvalue weighted by molar-refractivity contribution is 6.04. The van der Waals surface area contributed by atoms with Crippen molar-refractivity contribution >= 4 is 29.1 Å². The van der Waals surface area contributed by atoms with Crippen LogP contribution in [0.2, 0.25) is 0 Å². The first-order chi connectivity index (χ1) is 16.0. The van der Waals surface area contributed by atoms with Gasteiger partial charge in [0.1, 0.15) is 0 Å². The van der Waals surface area contributed by atoms with Crippen LogP contribution in [0.5, 0.6) is 0 Å². The van der Waals surface area contributed by atoms with Crippen LogP contribution in [0.25, 0.3) is 0 Å². The molecule has 3 N–H and O–H groups in total. The molecule has 0 saturated heterocycles. The van der Waals surface area contributed by atoms with Gasteiger partial charge in [-0.3, -0.25) is 14.4 Å². The molecule has 0 unspecified atom stereocenters. The Bertz CT molecular complexity index is 1160. The number of carbonyl (C=O) groups excluding carboxylic acids is 3. The standard InChI is InChI=1S/C27H27N3O3/c1-18(19-9-3-2-4-10-19)28-27(33)22-12-6-8-14-24(22)29-25(31)16-15-21-17-20-11-5-7-13-23(20)30-26(21)32/h2-14,18,21H,15-17H2,1H3,(H,28,33)(H,29,31)(H,30,32)/t18-,21+/m0/s1. The van der Waals surface area contributed by atoms with Crippen molar-refractivity contribution in [2.45, 2.75) is 32.2 Å². The second kappa shape index (κ2) is 10.1. The predicted octanol–water partition coefficient (Wildman–Crippen LogP) is 4.71. The molecule has 33 heavy (non-hydrogen) atoms. The third kappa shape index (κ3) is 5.47. The van der Waals surface area contributed by atoms with Crippen molar-refractivity contribution in [3.63, 3.8) is 0 Å². The number of hydrogen-bond acceptors (Lipinski definition) is 3. The molecular formula is C27H27N3O3. The number of amides is 3. The van der Waals surface area contributed by atoms with Crippen molar-refractivity contribution < 1.29 is 14.4 Å². The SMILES string of the molecule is C[C@H](NC(=O)c1ccccc1NC(=O)CC[C@@H]1Cc2ccccc2NC1=O)c1ccccc1. The van der Waals surface area contributed by atoms with Gasteiger partial charge in [0.25, 0.3) is 5.91 Å². The Morgan fingerprint density at radius 1 is 0.970 bits per heavy atom. The average Bonchev–Trinajstić information content (AvgIpc) is 2.83. The van der Waals surface area contributed by atoms with Crippen LogP contribution in [0.15, 0.2) is 78.9 Å². The topological polar surface area (TPSA) is 87.3 Å². The minimum Gasteiger partial charge on any atom is -0.345 e. The monoisotopic (exact) mass is 441 g/mol. The van der Waals surface area contributed by atoms with E-state index >= 15 is 0 Å². The zero-order valence-corrected chi connectivity index (χ0v) is 18.5. The van der Waals surface area contributed by atoms with Crippen molar-refractivity contribution in [3.8, 4) is 0 Å². The van der Waals surface area contributed by atoms with Crippen LogP contribution < -0.4 is 16.0 Å². The first-order valence-electron chi connectivity index (χ1n) is 11.1. The molecule has 0 radical (unpaired) electrons. The summed E-state index contributed by atoms with van der Waals surface area (Å²) in [6.45, 7) is 1.92. The van der Waals surface area contributed by atoms with Crippen molar-refractivity contribution in [2.75, 3.05) is 10.6 Å². The molecule has 0 spiro atoms. The van der Waals surface area contributed by atoms with Gasteiger partial charge in [-0.15, -0.1) is 0 Å². The second-order valence-electron chi connectivity index (χ2n) is 8.29. The molecule has 3 aromatic rings. The molecule has 3 aromatic carbocycles. The summed E-state index contributed by atoms with van der Waals surface area (Å²) in [5.41, 5.74) is 3.78. The van der Waals surface area contributed by atoms with Gasteiger partial charge in [0.2, 0.25) is 11.8 Å². The zero-order valence-electron chi connectivity index (χ0n) is 18.5. The van der Waals surface area contributed by atoms with Crippen LogP contribution in [0.3, 0.4) is 0 Å². The van der Waals surface area contributed by atoms with Gasteiger partial charge in [0.15, 0.2) is 0 Å². The van der Waals surface area contributed by atoms with Gasteiger partial charge in [-0.1, -0.05) is 60.7 Å². The number of fused-ring (bicyclic) bond motifs is 1. The molecule has 0 bridgehead atoms. The zero-order chi connectivity index (χ0) is 23.2. The molecule has 0 aromatic heterocycles.